The summed E-state index contributed by atoms with van der Waals surface area (Å²) in [7, 11) is 0. The van der Waals surface area contributed by atoms with Gasteiger partial charge in [-0.15, -0.1) is 0 Å². The summed E-state index contributed by atoms with van der Waals surface area (Å²) in [4.78, 5) is 0. The molecule has 0 fully saturated rings. The third-order valence-corrected chi connectivity index (χ3v) is 9.05. The zero-order chi connectivity index (χ0) is 32.8. The number of anilines is 2. The van der Waals surface area contributed by atoms with E-state index in [1.807, 2.05) is 6.07 Å². The second-order valence-corrected chi connectivity index (χ2v) is 12.1. The lowest BCUT2D eigenvalue weighted by Gasteiger charge is -2.29. The zero-order valence-electron chi connectivity index (χ0n) is 27.1. The van der Waals surface area contributed by atoms with Crippen molar-refractivity contribution in [2.75, 3.05) is 5.32 Å². The Kier molecular flexibility index (Phi) is 8.39. The summed E-state index contributed by atoms with van der Waals surface area (Å²) in [5, 5.41) is 3.58. The summed E-state index contributed by atoms with van der Waals surface area (Å²) in [6.07, 6.45) is 0. The molecule has 1 nitrogen and oxygen atoms in total. The molecule has 0 saturated carbocycles. The molecular formula is C48H35N. The maximum absolute atomic E-state index is 3.58. The van der Waals surface area contributed by atoms with Crippen LogP contribution in [0.4, 0.5) is 11.4 Å². The average molecular weight is 626 g/mol. The number of para-hydroxylation sites is 1. The van der Waals surface area contributed by atoms with Crippen LogP contribution in [0.25, 0.3) is 66.8 Å². The molecule has 8 aromatic carbocycles. The molecular weight excluding hydrogens is 591 g/mol. The number of nitrogens with one attached hydrogen (secondary N) is 1. The second kappa shape index (κ2) is 13.7. The molecule has 0 spiro atoms. The lowest BCUT2D eigenvalue weighted by Crippen LogP contribution is -2.02. The third-order valence-electron chi connectivity index (χ3n) is 9.05. The van der Waals surface area contributed by atoms with Gasteiger partial charge >= 0.3 is 0 Å². The summed E-state index contributed by atoms with van der Waals surface area (Å²) in [6, 6.07) is 73.8. The molecule has 8 rings (SSSR count). The van der Waals surface area contributed by atoms with E-state index < -0.39 is 0 Å². The highest BCUT2D eigenvalue weighted by atomic mass is 14.9. The molecule has 0 heterocycles. The Labute approximate surface area is 288 Å². The predicted molar refractivity (Wildman–Crippen MR) is 209 cm³/mol. The van der Waals surface area contributed by atoms with Gasteiger partial charge < -0.3 is 5.32 Å². The van der Waals surface area contributed by atoms with E-state index in [4.69, 9.17) is 0 Å². The van der Waals surface area contributed by atoms with Crippen LogP contribution in [-0.2, 0) is 0 Å². The van der Waals surface area contributed by atoms with E-state index in [-0.39, 0.29) is 0 Å². The monoisotopic (exact) mass is 625 g/mol. The van der Waals surface area contributed by atoms with Crippen molar-refractivity contribution in [3.8, 4) is 66.8 Å². The quantitative estimate of drug-likeness (QED) is 0.177. The van der Waals surface area contributed by atoms with Crippen LogP contribution in [0.3, 0.4) is 0 Å². The van der Waals surface area contributed by atoms with Crippen LogP contribution >= 0.6 is 0 Å². The number of benzene rings is 8. The molecule has 0 aliphatic heterocycles. The smallest absolute Gasteiger partial charge is 0.0384 e. The number of rotatable bonds is 8. The van der Waals surface area contributed by atoms with Crippen LogP contribution < -0.4 is 5.32 Å². The van der Waals surface area contributed by atoms with Crippen LogP contribution in [0.15, 0.2) is 206 Å². The first-order valence-corrected chi connectivity index (χ1v) is 16.8. The van der Waals surface area contributed by atoms with E-state index in [0.717, 1.165) is 16.9 Å². The van der Waals surface area contributed by atoms with Crippen LogP contribution in [0.5, 0.6) is 0 Å². The van der Waals surface area contributed by atoms with Crippen LogP contribution in [-0.4, -0.2) is 0 Å². The van der Waals surface area contributed by atoms with Crippen LogP contribution in [0.1, 0.15) is 0 Å². The van der Waals surface area contributed by atoms with E-state index in [1.165, 1.54) is 61.2 Å². The van der Waals surface area contributed by atoms with Gasteiger partial charge in [0.05, 0.1) is 0 Å². The van der Waals surface area contributed by atoms with E-state index >= 15 is 0 Å². The molecule has 0 bridgehead atoms. The minimum Gasteiger partial charge on any atom is -0.356 e. The van der Waals surface area contributed by atoms with E-state index in [1.54, 1.807) is 0 Å². The Morgan fingerprint density at radius 2 is 0.388 bits per heavy atom. The Balaban J connectivity index is 1.56. The molecule has 0 aromatic heterocycles. The van der Waals surface area contributed by atoms with Crippen molar-refractivity contribution in [3.05, 3.63) is 206 Å². The van der Waals surface area contributed by atoms with E-state index in [9.17, 15) is 0 Å². The maximum Gasteiger partial charge on any atom is 0.0384 e. The second-order valence-electron chi connectivity index (χ2n) is 12.1. The normalized spacial score (nSPS) is 10.9. The first-order chi connectivity index (χ1) is 24.3. The zero-order valence-corrected chi connectivity index (χ0v) is 27.1. The molecule has 0 amide bonds. The molecule has 0 aliphatic carbocycles. The molecule has 232 valence electrons. The van der Waals surface area contributed by atoms with Gasteiger partial charge in [0.25, 0.3) is 0 Å². The minimum atomic E-state index is 1.05. The van der Waals surface area contributed by atoms with Crippen molar-refractivity contribution in [2.24, 2.45) is 0 Å². The van der Waals surface area contributed by atoms with Crippen molar-refractivity contribution in [1.29, 1.82) is 0 Å². The maximum atomic E-state index is 3.58. The fourth-order valence-corrected chi connectivity index (χ4v) is 6.91. The first-order valence-electron chi connectivity index (χ1n) is 16.8. The molecule has 0 unspecified atom stereocenters. The Morgan fingerprint density at radius 3 is 0.653 bits per heavy atom. The Bertz CT molecular complexity index is 2180. The Morgan fingerprint density at radius 1 is 0.184 bits per heavy atom. The van der Waals surface area contributed by atoms with E-state index in [0.29, 0.717) is 0 Å². The molecule has 1 heteroatoms. The van der Waals surface area contributed by atoms with Crippen LogP contribution in [0.2, 0.25) is 0 Å². The molecule has 0 radical (unpaired) electrons. The molecule has 49 heavy (non-hydrogen) atoms. The topological polar surface area (TPSA) is 12.0 Å². The van der Waals surface area contributed by atoms with Crippen molar-refractivity contribution in [3.63, 3.8) is 0 Å². The Hall–Kier alpha value is -6.44. The average Bonchev–Trinajstić information content (AvgIpc) is 3.19. The van der Waals surface area contributed by atoms with Gasteiger partial charge in [0.2, 0.25) is 0 Å². The molecule has 1 N–H and O–H groups in total. The lowest BCUT2D eigenvalue weighted by molar-refractivity contribution is 1.50. The largest absolute Gasteiger partial charge is 0.356 e. The number of hydrogen-bond acceptors (Lipinski definition) is 1. The SMILES string of the molecule is c1ccc(Nc2ccc(-c3c(-c4ccccc4)c(-c4ccccc4)c(-c4ccccc4)c(-c4ccccc4)c3-c3ccccc3)cc2)cc1. The summed E-state index contributed by atoms with van der Waals surface area (Å²) in [5.41, 5.74) is 16.5. The standard InChI is InChI=1S/C48H35N/c1-7-19-35(20-8-1)43-44(36-21-9-2-10-22-36)46(38-25-13-4-14-26-38)48(40-31-33-42(34-32-40)49-41-29-17-6-18-30-41)47(39-27-15-5-16-28-39)45(43)37-23-11-3-12-24-37/h1-34,49H. The van der Waals surface area contributed by atoms with Gasteiger partial charge in [-0.25, -0.2) is 0 Å². The molecule has 0 aliphatic rings. The van der Waals surface area contributed by atoms with Crippen molar-refractivity contribution in [2.45, 2.75) is 0 Å². The van der Waals surface area contributed by atoms with Gasteiger partial charge in [-0.05, 0) is 91.0 Å². The van der Waals surface area contributed by atoms with Crippen LogP contribution in [0, 0.1) is 0 Å². The fraction of sp³-hybridized carbons (Fsp3) is 0. The van der Waals surface area contributed by atoms with Gasteiger partial charge in [-0.1, -0.05) is 182 Å². The highest BCUT2D eigenvalue weighted by Gasteiger charge is 2.28. The van der Waals surface area contributed by atoms with Gasteiger partial charge in [0, 0.05) is 11.4 Å². The lowest BCUT2D eigenvalue weighted by atomic mass is 9.74. The third kappa shape index (κ3) is 6.06. The van der Waals surface area contributed by atoms with Crippen molar-refractivity contribution in [1.82, 2.24) is 0 Å². The summed E-state index contributed by atoms with van der Waals surface area (Å²) < 4.78 is 0. The summed E-state index contributed by atoms with van der Waals surface area (Å²) in [5.74, 6) is 0. The fourth-order valence-electron chi connectivity index (χ4n) is 6.91. The number of hydrogen-bond donors (Lipinski definition) is 1. The first kappa shape index (κ1) is 29.9. The minimum absolute atomic E-state index is 1.05. The van der Waals surface area contributed by atoms with Crippen molar-refractivity contribution >= 4 is 11.4 Å². The molecule has 8 aromatic rings. The molecule has 0 saturated heterocycles. The van der Waals surface area contributed by atoms with Crippen molar-refractivity contribution < 1.29 is 0 Å². The molecule has 0 atom stereocenters. The highest BCUT2D eigenvalue weighted by Crippen LogP contribution is 2.55. The van der Waals surface area contributed by atoms with Gasteiger partial charge in [-0.3, -0.25) is 0 Å². The van der Waals surface area contributed by atoms with E-state index in [2.05, 4.69) is 206 Å². The summed E-state index contributed by atoms with van der Waals surface area (Å²) >= 11 is 0. The van der Waals surface area contributed by atoms with Gasteiger partial charge in [-0.2, -0.15) is 0 Å². The van der Waals surface area contributed by atoms with Gasteiger partial charge in [0.15, 0.2) is 0 Å². The predicted octanol–water partition coefficient (Wildman–Crippen LogP) is 13.4. The highest BCUT2D eigenvalue weighted by molar-refractivity contribution is 6.15. The van der Waals surface area contributed by atoms with Gasteiger partial charge in [0.1, 0.15) is 0 Å². The summed E-state index contributed by atoms with van der Waals surface area (Å²) in [6.45, 7) is 0.